The summed E-state index contributed by atoms with van der Waals surface area (Å²) in [5.41, 5.74) is 4.58. The smallest absolute Gasteiger partial charge is 0.257 e. The molecule has 1 amide bonds. The number of aromatic nitrogens is 1. The fourth-order valence-corrected chi connectivity index (χ4v) is 2.50. The van der Waals surface area contributed by atoms with E-state index in [-0.39, 0.29) is 5.91 Å². The van der Waals surface area contributed by atoms with Gasteiger partial charge in [-0.1, -0.05) is 47.1 Å². The van der Waals surface area contributed by atoms with Gasteiger partial charge in [0.15, 0.2) is 5.76 Å². The summed E-state index contributed by atoms with van der Waals surface area (Å²) < 4.78 is 5.29. The number of nitrogens with one attached hydrogen (secondary N) is 1. The van der Waals surface area contributed by atoms with Crippen molar-refractivity contribution in [1.82, 2.24) is 10.5 Å². The maximum absolute atomic E-state index is 12.5. The van der Waals surface area contributed by atoms with E-state index in [1.165, 1.54) is 6.20 Å². The molecule has 128 valence electrons. The van der Waals surface area contributed by atoms with Crippen molar-refractivity contribution in [3.05, 3.63) is 71.4 Å². The van der Waals surface area contributed by atoms with E-state index in [1.54, 1.807) is 0 Å². The second-order valence-electron chi connectivity index (χ2n) is 6.18. The van der Waals surface area contributed by atoms with Gasteiger partial charge in [-0.25, -0.2) is 0 Å². The Kier molecular flexibility index (Phi) is 4.84. The Labute approximate surface area is 147 Å². The van der Waals surface area contributed by atoms with E-state index < -0.39 is 0 Å². The van der Waals surface area contributed by atoms with Crippen LogP contribution in [0.2, 0.25) is 0 Å². The number of rotatable bonds is 5. The largest absolute Gasteiger partial charge is 0.378 e. The molecule has 0 spiro atoms. The molecule has 0 radical (unpaired) electrons. The summed E-state index contributed by atoms with van der Waals surface area (Å²) in [5.74, 6) is 0.286. The average Bonchev–Trinajstić information content (AvgIpc) is 3.10. The summed E-state index contributed by atoms with van der Waals surface area (Å²) >= 11 is 0. The van der Waals surface area contributed by atoms with E-state index in [2.05, 4.69) is 10.5 Å². The highest BCUT2D eigenvalue weighted by atomic mass is 16.5. The second kappa shape index (κ2) is 7.21. The van der Waals surface area contributed by atoms with Crippen LogP contribution in [0.4, 0.5) is 5.69 Å². The van der Waals surface area contributed by atoms with Gasteiger partial charge in [-0.3, -0.25) is 4.79 Å². The van der Waals surface area contributed by atoms with Crippen LogP contribution >= 0.6 is 0 Å². The molecule has 2 aromatic carbocycles. The van der Waals surface area contributed by atoms with Gasteiger partial charge < -0.3 is 14.7 Å². The lowest BCUT2D eigenvalue weighted by Crippen LogP contribution is -2.22. The van der Waals surface area contributed by atoms with Gasteiger partial charge in [0.2, 0.25) is 0 Å². The minimum atomic E-state index is -0.200. The standard InChI is InChI=1S/C20H21N3O2/c1-14-4-8-16(9-5-14)19-18(13-22-25-19)20(24)21-12-15-6-10-17(11-7-15)23(2)3/h4-11,13H,12H2,1-3H3,(H,21,24). The van der Waals surface area contributed by atoms with Gasteiger partial charge in [0.1, 0.15) is 5.56 Å². The minimum Gasteiger partial charge on any atom is -0.378 e. The fourth-order valence-electron chi connectivity index (χ4n) is 2.50. The highest BCUT2D eigenvalue weighted by molar-refractivity contribution is 5.99. The highest BCUT2D eigenvalue weighted by Gasteiger charge is 2.17. The molecule has 0 atom stereocenters. The Morgan fingerprint density at radius 3 is 2.40 bits per heavy atom. The van der Waals surface area contributed by atoms with Crippen LogP contribution in [-0.4, -0.2) is 25.2 Å². The molecule has 1 heterocycles. The molecular formula is C20H21N3O2. The lowest BCUT2D eigenvalue weighted by molar-refractivity contribution is 0.0951. The van der Waals surface area contributed by atoms with Gasteiger partial charge in [-0.2, -0.15) is 0 Å². The van der Waals surface area contributed by atoms with Crippen LogP contribution in [0.3, 0.4) is 0 Å². The summed E-state index contributed by atoms with van der Waals surface area (Å²) in [6.45, 7) is 2.46. The average molecular weight is 335 g/mol. The van der Waals surface area contributed by atoms with Crippen molar-refractivity contribution in [3.63, 3.8) is 0 Å². The van der Waals surface area contributed by atoms with Crippen LogP contribution in [0.25, 0.3) is 11.3 Å². The van der Waals surface area contributed by atoms with Gasteiger partial charge >= 0.3 is 0 Å². The maximum atomic E-state index is 12.5. The number of carbonyl (C=O) groups is 1. The first-order valence-electron chi connectivity index (χ1n) is 8.11. The Morgan fingerprint density at radius 2 is 1.76 bits per heavy atom. The minimum absolute atomic E-state index is 0.200. The topological polar surface area (TPSA) is 58.4 Å². The molecule has 0 aliphatic rings. The van der Waals surface area contributed by atoms with Crippen molar-refractivity contribution < 1.29 is 9.32 Å². The Balaban J connectivity index is 1.70. The molecule has 3 aromatic rings. The van der Waals surface area contributed by atoms with E-state index in [0.717, 1.165) is 22.4 Å². The van der Waals surface area contributed by atoms with Gasteiger partial charge in [0.25, 0.3) is 5.91 Å². The molecule has 25 heavy (non-hydrogen) atoms. The van der Waals surface area contributed by atoms with Crippen LogP contribution < -0.4 is 10.2 Å². The van der Waals surface area contributed by atoms with E-state index in [9.17, 15) is 4.79 Å². The summed E-state index contributed by atoms with van der Waals surface area (Å²) in [7, 11) is 3.99. The zero-order valence-electron chi connectivity index (χ0n) is 14.6. The van der Waals surface area contributed by atoms with Crippen molar-refractivity contribution in [1.29, 1.82) is 0 Å². The predicted molar refractivity (Wildman–Crippen MR) is 98.6 cm³/mol. The molecule has 1 aromatic heterocycles. The lowest BCUT2D eigenvalue weighted by atomic mass is 10.1. The van der Waals surface area contributed by atoms with Gasteiger partial charge in [-0.05, 0) is 24.6 Å². The van der Waals surface area contributed by atoms with Crippen molar-refractivity contribution >= 4 is 11.6 Å². The Bertz CT molecular complexity index is 849. The third-order valence-electron chi connectivity index (χ3n) is 4.03. The van der Waals surface area contributed by atoms with Crippen LogP contribution in [0.15, 0.2) is 59.3 Å². The summed E-state index contributed by atoms with van der Waals surface area (Å²) in [4.78, 5) is 14.5. The molecule has 3 rings (SSSR count). The first kappa shape index (κ1) is 16.8. The van der Waals surface area contributed by atoms with Gasteiger partial charge in [0.05, 0.1) is 6.20 Å². The normalized spacial score (nSPS) is 10.5. The molecule has 0 saturated carbocycles. The maximum Gasteiger partial charge on any atom is 0.257 e. The number of benzene rings is 2. The molecule has 5 nitrogen and oxygen atoms in total. The summed E-state index contributed by atoms with van der Waals surface area (Å²) in [6.07, 6.45) is 1.46. The first-order chi connectivity index (χ1) is 12.0. The second-order valence-corrected chi connectivity index (χ2v) is 6.18. The van der Waals surface area contributed by atoms with Crippen molar-refractivity contribution in [2.75, 3.05) is 19.0 Å². The van der Waals surface area contributed by atoms with Crippen LogP contribution in [0.1, 0.15) is 21.5 Å². The van der Waals surface area contributed by atoms with E-state index >= 15 is 0 Å². The molecule has 0 fully saturated rings. The third-order valence-corrected chi connectivity index (χ3v) is 4.03. The van der Waals surface area contributed by atoms with Crippen LogP contribution in [0, 0.1) is 6.92 Å². The number of aryl methyl sites for hydroxylation is 1. The highest BCUT2D eigenvalue weighted by Crippen LogP contribution is 2.24. The van der Waals surface area contributed by atoms with Crippen molar-refractivity contribution in [3.8, 4) is 11.3 Å². The molecule has 0 aliphatic carbocycles. The van der Waals surface area contributed by atoms with E-state index in [1.807, 2.05) is 74.4 Å². The number of hydrogen-bond acceptors (Lipinski definition) is 4. The molecule has 0 aliphatic heterocycles. The number of hydrogen-bond donors (Lipinski definition) is 1. The monoisotopic (exact) mass is 335 g/mol. The van der Waals surface area contributed by atoms with Crippen molar-refractivity contribution in [2.24, 2.45) is 0 Å². The first-order valence-corrected chi connectivity index (χ1v) is 8.11. The fraction of sp³-hybridized carbons (Fsp3) is 0.200. The molecule has 5 heteroatoms. The Morgan fingerprint density at radius 1 is 1.08 bits per heavy atom. The summed E-state index contributed by atoms with van der Waals surface area (Å²) in [6, 6.07) is 15.9. The quantitative estimate of drug-likeness (QED) is 0.773. The van der Waals surface area contributed by atoms with Gasteiger partial charge in [0, 0.05) is 31.9 Å². The molecule has 0 saturated heterocycles. The zero-order valence-corrected chi connectivity index (χ0v) is 14.6. The third kappa shape index (κ3) is 3.88. The van der Waals surface area contributed by atoms with E-state index in [4.69, 9.17) is 4.52 Å². The molecule has 1 N–H and O–H groups in total. The summed E-state index contributed by atoms with van der Waals surface area (Å²) in [5, 5.41) is 6.71. The molecule has 0 bridgehead atoms. The lowest BCUT2D eigenvalue weighted by Gasteiger charge is -2.12. The van der Waals surface area contributed by atoms with Crippen molar-refractivity contribution in [2.45, 2.75) is 13.5 Å². The van der Waals surface area contributed by atoms with Gasteiger partial charge in [-0.15, -0.1) is 0 Å². The number of carbonyl (C=O) groups excluding carboxylic acids is 1. The number of nitrogens with zero attached hydrogens (tertiary/aromatic N) is 2. The van der Waals surface area contributed by atoms with Crippen LogP contribution in [0.5, 0.6) is 0 Å². The molecular weight excluding hydrogens is 314 g/mol. The van der Waals surface area contributed by atoms with E-state index in [0.29, 0.717) is 17.9 Å². The predicted octanol–water partition coefficient (Wildman–Crippen LogP) is 3.65. The Hall–Kier alpha value is -3.08. The zero-order chi connectivity index (χ0) is 17.8. The number of amides is 1. The number of anilines is 1. The molecule has 0 unspecified atom stereocenters. The van der Waals surface area contributed by atoms with Crippen LogP contribution in [-0.2, 0) is 6.54 Å². The SMILES string of the molecule is Cc1ccc(-c2oncc2C(=O)NCc2ccc(N(C)C)cc2)cc1.